The van der Waals surface area contributed by atoms with Gasteiger partial charge in [-0.1, -0.05) is 97.1 Å². The highest BCUT2D eigenvalue weighted by Crippen LogP contribution is 2.35. The van der Waals surface area contributed by atoms with Crippen LogP contribution < -0.4 is 20.7 Å². The fourth-order valence-corrected chi connectivity index (χ4v) is 7.80. The molecule has 8 rings (SSSR count). The van der Waals surface area contributed by atoms with Gasteiger partial charge in [0.25, 0.3) is 0 Å². The molecule has 8 aromatic rings. The number of rotatable bonds is 14. The maximum absolute atomic E-state index is 13.5. The molecule has 0 radical (unpaired) electrons. The Morgan fingerprint density at radius 3 is 0.898 bits per heavy atom. The van der Waals surface area contributed by atoms with Crippen LogP contribution in [0.1, 0.15) is 11.1 Å². The van der Waals surface area contributed by atoms with Gasteiger partial charge in [0.05, 0.1) is 33.6 Å². The van der Waals surface area contributed by atoms with Crippen LogP contribution in [0.5, 0.6) is 0 Å². The molecule has 59 heavy (non-hydrogen) atoms. The van der Waals surface area contributed by atoms with Crippen molar-refractivity contribution in [1.82, 2.24) is 0 Å². The monoisotopic (exact) mass is 788 g/mol. The van der Waals surface area contributed by atoms with Crippen molar-refractivity contribution in [2.75, 3.05) is 20.7 Å². The highest BCUT2D eigenvalue weighted by atomic mass is 32.2. The van der Waals surface area contributed by atoms with Gasteiger partial charge in [-0.05, 0) is 132 Å². The van der Waals surface area contributed by atoms with Gasteiger partial charge in [0, 0.05) is 34.1 Å². The summed E-state index contributed by atoms with van der Waals surface area (Å²) in [6, 6.07) is 70.3. The Kier molecular flexibility index (Phi) is 11.6. The number of benzene rings is 8. The summed E-state index contributed by atoms with van der Waals surface area (Å²) in [6.07, 6.45) is 3.46. The van der Waals surface area contributed by atoms with Crippen LogP contribution >= 0.6 is 0 Å². The van der Waals surface area contributed by atoms with E-state index in [-0.39, 0.29) is 9.79 Å². The molecule has 0 spiro atoms. The summed E-state index contributed by atoms with van der Waals surface area (Å²) >= 11 is 0. The zero-order valence-electron chi connectivity index (χ0n) is 32.0. The van der Waals surface area contributed by atoms with Gasteiger partial charge in [-0.25, -0.2) is 8.42 Å². The topological polar surface area (TPSA) is 89.4 Å². The van der Waals surface area contributed by atoms with Gasteiger partial charge in [-0.3, -0.25) is 10.9 Å². The van der Waals surface area contributed by atoms with E-state index in [1.54, 1.807) is 61.0 Å². The van der Waals surface area contributed by atoms with Crippen LogP contribution in [0.4, 0.5) is 45.5 Å². The van der Waals surface area contributed by atoms with Crippen LogP contribution in [-0.4, -0.2) is 20.8 Å². The summed E-state index contributed by atoms with van der Waals surface area (Å²) in [5.74, 6) is 0. The zero-order chi connectivity index (χ0) is 40.3. The minimum absolute atomic E-state index is 0.185. The van der Waals surface area contributed by atoms with Gasteiger partial charge >= 0.3 is 0 Å². The number of nitrogens with zero attached hydrogens (tertiary/aromatic N) is 4. The van der Waals surface area contributed by atoms with E-state index in [0.717, 1.165) is 45.3 Å². The lowest BCUT2D eigenvalue weighted by molar-refractivity contribution is 0.596. The van der Waals surface area contributed by atoms with E-state index in [9.17, 15) is 8.42 Å². The fourth-order valence-electron chi connectivity index (χ4n) is 6.54. The number of sulfone groups is 1. The molecule has 8 aromatic carbocycles. The Morgan fingerprint density at radius 1 is 0.339 bits per heavy atom. The molecule has 0 unspecified atom stereocenters. The van der Waals surface area contributed by atoms with E-state index in [0.29, 0.717) is 11.4 Å². The summed E-state index contributed by atoms with van der Waals surface area (Å²) in [7, 11) is -3.74. The normalized spacial score (nSPS) is 11.4. The molecule has 0 fully saturated rings. The van der Waals surface area contributed by atoms with Gasteiger partial charge < -0.3 is 9.80 Å². The molecule has 8 nitrogen and oxygen atoms in total. The third-order valence-corrected chi connectivity index (χ3v) is 11.3. The molecule has 2 N–H and O–H groups in total. The molecule has 0 heterocycles. The smallest absolute Gasteiger partial charge is 0.206 e. The largest absolute Gasteiger partial charge is 0.311 e. The SMILES string of the molecule is O=S(=O)(c1ccc(N/N=C/c2ccc(N(c3ccccc3)c3ccccc3)cc2)cc1)c1ccc(N/N=C/c2ccc(N(c3ccccc3)c3ccccc3)cc2)cc1. The Hall–Kier alpha value is -7.75. The van der Waals surface area contributed by atoms with Gasteiger partial charge in [0.1, 0.15) is 0 Å². The van der Waals surface area contributed by atoms with Crippen molar-refractivity contribution in [2.45, 2.75) is 9.79 Å². The van der Waals surface area contributed by atoms with E-state index in [2.05, 4.69) is 104 Å². The van der Waals surface area contributed by atoms with Gasteiger partial charge in [-0.15, -0.1) is 0 Å². The molecule has 0 atom stereocenters. The first-order chi connectivity index (χ1) is 29.0. The molecule has 0 saturated carbocycles. The molecule has 9 heteroatoms. The molecular weight excluding hydrogens is 749 g/mol. The summed E-state index contributed by atoms with van der Waals surface area (Å²) in [6.45, 7) is 0. The minimum atomic E-state index is -3.74. The van der Waals surface area contributed by atoms with Crippen LogP contribution in [0.15, 0.2) is 238 Å². The van der Waals surface area contributed by atoms with Gasteiger partial charge in [0.15, 0.2) is 0 Å². The zero-order valence-corrected chi connectivity index (χ0v) is 32.8. The molecule has 0 aliphatic heterocycles. The Morgan fingerprint density at radius 2 is 0.610 bits per heavy atom. The number of hydrogen-bond donors (Lipinski definition) is 2. The lowest BCUT2D eigenvalue weighted by atomic mass is 10.1. The van der Waals surface area contributed by atoms with E-state index < -0.39 is 9.84 Å². The van der Waals surface area contributed by atoms with Gasteiger partial charge in [-0.2, -0.15) is 10.2 Å². The Bertz CT molecular complexity index is 2470. The third kappa shape index (κ3) is 9.28. The summed E-state index contributed by atoms with van der Waals surface area (Å²) < 4.78 is 26.9. The van der Waals surface area contributed by atoms with E-state index in [4.69, 9.17) is 0 Å². The molecule has 0 aliphatic rings. The Balaban J connectivity index is 0.861. The second-order valence-corrected chi connectivity index (χ2v) is 15.4. The van der Waals surface area contributed by atoms with Gasteiger partial charge in [0.2, 0.25) is 9.84 Å². The Labute approximate surface area is 345 Å². The lowest BCUT2D eigenvalue weighted by Crippen LogP contribution is -2.09. The van der Waals surface area contributed by atoms with Crippen LogP contribution in [0.3, 0.4) is 0 Å². The van der Waals surface area contributed by atoms with Crippen LogP contribution in [-0.2, 0) is 9.84 Å². The molecule has 0 aliphatic carbocycles. The van der Waals surface area contributed by atoms with Crippen molar-refractivity contribution in [3.05, 3.63) is 230 Å². The average molecular weight is 789 g/mol. The van der Waals surface area contributed by atoms with Crippen molar-refractivity contribution < 1.29 is 8.42 Å². The summed E-state index contributed by atoms with van der Waals surface area (Å²) in [4.78, 5) is 4.76. The van der Waals surface area contributed by atoms with Crippen LogP contribution in [0, 0.1) is 0 Å². The number of nitrogens with one attached hydrogen (secondary N) is 2. The average Bonchev–Trinajstić information content (AvgIpc) is 3.29. The lowest BCUT2D eigenvalue weighted by Gasteiger charge is -2.25. The molecule has 0 saturated heterocycles. The van der Waals surface area contributed by atoms with E-state index in [1.165, 1.54) is 0 Å². The minimum Gasteiger partial charge on any atom is -0.311 e. The standard InChI is InChI=1S/C50H40N6O2S/c57-59(58,49-33-25-41(26-34-49)53-51-37-39-21-29-47(30-22-39)55(43-13-5-1-6-14-43)44-15-7-2-8-16-44)50-35-27-42(28-36-50)54-52-38-40-23-31-48(32-24-40)56(45-17-9-3-10-18-45)46-19-11-4-12-20-46/h1-38,53-54H/b51-37+,52-38+. The predicted octanol–water partition coefficient (Wildman–Crippen LogP) is 12.4. The summed E-state index contributed by atoms with van der Waals surface area (Å²) in [5.41, 5.74) is 15.5. The molecule has 288 valence electrons. The third-order valence-electron chi connectivity index (χ3n) is 9.50. The summed E-state index contributed by atoms with van der Waals surface area (Å²) in [5, 5.41) is 8.76. The van der Waals surface area contributed by atoms with Crippen molar-refractivity contribution >= 4 is 67.8 Å². The molecule has 0 aromatic heterocycles. The second-order valence-electron chi connectivity index (χ2n) is 13.5. The van der Waals surface area contributed by atoms with Crippen LogP contribution in [0.2, 0.25) is 0 Å². The quantitative estimate of drug-likeness (QED) is 0.0842. The van der Waals surface area contributed by atoms with Crippen molar-refractivity contribution in [2.24, 2.45) is 10.2 Å². The number of hydrogen-bond acceptors (Lipinski definition) is 8. The predicted molar refractivity (Wildman–Crippen MR) is 243 cm³/mol. The van der Waals surface area contributed by atoms with Crippen molar-refractivity contribution in [3.8, 4) is 0 Å². The highest BCUT2D eigenvalue weighted by Gasteiger charge is 2.18. The number of hydrazone groups is 2. The highest BCUT2D eigenvalue weighted by molar-refractivity contribution is 7.91. The maximum atomic E-state index is 13.5. The first kappa shape index (κ1) is 38.1. The molecular formula is C50H40N6O2S. The first-order valence-electron chi connectivity index (χ1n) is 19.1. The molecule has 0 amide bonds. The van der Waals surface area contributed by atoms with E-state index >= 15 is 0 Å². The van der Waals surface area contributed by atoms with E-state index in [1.807, 2.05) is 97.1 Å². The van der Waals surface area contributed by atoms with Crippen molar-refractivity contribution in [3.63, 3.8) is 0 Å². The molecule has 0 bridgehead atoms. The second kappa shape index (κ2) is 18.0. The number of anilines is 8. The first-order valence-corrected chi connectivity index (χ1v) is 20.5. The van der Waals surface area contributed by atoms with Crippen molar-refractivity contribution in [1.29, 1.82) is 0 Å². The number of para-hydroxylation sites is 4. The fraction of sp³-hybridized carbons (Fsp3) is 0. The maximum Gasteiger partial charge on any atom is 0.206 e. The van der Waals surface area contributed by atoms with Crippen LogP contribution in [0.25, 0.3) is 0 Å².